The summed E-state index contributed by atoms with van der Waals surface area (Å²) < 4.78 is 0. The number of aliphatic hydroxyl groups excluding tert-OH is 1. The van der Waals surface area contributed by atoms with E-state index < -0.39 is 6.10 Å². The molecule has 0 heterocycles. The van der Waals surface area contributed by atoms with Gasteiger partial charge in [-0.2, -0.15) is 0 Å². The maximum absolute atomic E-state index is 12.2. The Morgan fingerprint density at radius 3 is 1.95 bits per heavy atom. The second kappa shape index (κ2) is 7.76. The van der Waals surface area contributed by atoms with Crippen LogP contribution in [0.5, 0.6) is 0 Å². The molecule has 2 atom stereocenters. The molecule has 2 unspecified atom stereocenters. The Morgan fingerprint density at radius 1 is 0.955 bits per heavy atom. The van der Waals surface area contributed by atoms with Crippen molar-refractivity contribution in [2.75, 3.05) is 0 Å². The Morgan fingerprint density at radius 2 is 1.45 bits per heavy atom. The summed E-state index contributed by atoms with van der Waals surface area (Å²) in [5, 5.41) is 13.6. The molecule has 3 nitrogen and oxygen atoms in total. The SMILES string of the molecule is CC(C)NC(=O)CC(c1ccccc1)C(O)c1ccccc1. The van der Waals surface area contributed by atoms with Gasteiger partial charge in [0, 0.05) is 18.4 Å². The van der Waals surface area contributed by atoms with Gasteiger partial charge in [0.2, 0.25) is 5.91 Å². The minimum Gasteiger partial charge on any atom is -0.388 e. The molecule has 116 valence electrons. The van der Waals surface area contributed by atoms with Crippen LogP contribution < -0.4 is 5.32 Å². The predicted molar refractivity (Wildman–Crippen MR) is 88.5 cm³/mol. The van der Waals surface area contributed by atoms with Crippen molar-refractivity contribution in [3.05, 3.63) is 71.8 Å². The Hall–Kier alpha value is -2.13. The van der Waals surface area contributed by atoms with E-state index in [9.17, 15) is 9.90 Å². The van der Waals surface area contributed by atoms with E-state index in [4.69, 9.17) is 0 Å². The van der Waals surface area contributed by atoms with Gasteiger partial charge in [-0.3, -0.25) is 4.79 Å². The first kappa shape index (κ1) is 16.2. The topological polar surface area (TPSA) is 49.3 Å². The fourth-order valence-electron chi connectivity index (χ4n) is 2.58. The maximum atomic E-state index is 12.2. The number of hydrogen-bond acceptors (Lipinski definition) is 2. The number of carbonyl (C=O) groups is 1. The number of carbonyl (C=O) groups excluding carboxylic acids is 1. The summed E-state index contributed by atoms with van der Waals surface area (Å²) in [6.45, 7) is 3.87. The summed E-state index contributed by atoms with van der Waals surface area (Å²) in [7, 11) is 0. The molecule has 0 aliphatic rings. The summed E-state index contributed by atoms with van der Waals surface area (Å²) in [5.74, 6) is -0.304. The van der Waals surface area contributed by atoms with Crippen molar-refractivity contribution < 1.29 is 9.90 Å². The lowest BCUT2D eigenvalue weighted by molar-refractivity contribution is -0.122. The van der Waals surface area contributed by atoms with Gasteiger partial charge in [-0.05, 0) is 25.0 Å². The van der Waals surface area contributed by atoms with Gasteiger partial charge in [-0.15, -0.1) is 0 Å². The highest BCUT2D eigenvalue weighted by Crippen LogP contribution is 2.33. The lowest BCUT2D eigenvalue weighted by atomic mass is 9.86. The zero-order chi connectivity index (χ0) is 15.9. The molecule has 2 rings (SSSR count). The van der Waals surface area contributed by atoms with E-state index in [2.05, 4.69) is 5.32 Å². The molecule has 2 aromatic carbocycles. The first-order chi connectivity index (χ1) is 10.6. The Bertz CT molecular complexity index is 581. The predicted octanol–water partition coefficient (Wildman–Crippen LogP) is 3.42. The number of benzene rings is 2. The summed E-state index contributed by atoms with van der Waals surface area (Å²) in [4.78, 5) is 12.2. The van der Waals surface area contributed by atoms with Gasteiger partial charge in [-0.25, -0.2) is 0 Å². The lowest BCUT2D eigenvalue weighted by Crippen LogP contribution is -2.32. The molecule has 2 aromatic rings. The Kier molecular flexibility index (Phi) is 5.73. The number of amides is 1. The molecule has 0 bridgehead atoms. The Balaban J connectivity index is 2.24. The van der Waals surface area contributed by atoms with Crippen LogP contribution in [0.4, 0.5) is 0 Å². The zero-order valence-electron chi connectivity index (χ0n) is 13.1. The van der Waals surface area contributed by atoms with Gasteiger partial charge in [0.05, 0.1) is 6.10 Å². The summed E-state index contributed by atoms with van der Waals surface area (Å²) >= 11 is 0. The normalized spacial score (nSPS) is 13.6. The molecular formula is C19H23NO2. The third kappa shape index (κ3) is 4.43. The van der Waals surface area contributed by atoms with Crippen molar-refractivity contribution in [3.63, 3.8) is 0 Å². The minimum absolute atomic E-state index is 0.0427. The van der Waals surface area contributed by atoms with E-state index >= 15 is 0 Å². The molecule has 0 aliphatic carbocycles. The van der Waals surface area contributed by atoms with Gasteiger partial charge >= 0.3 is 0 Å². The van der Waals surface area contributed by atoms with Gasteiger partial charge in [0.25, 0.3) is 0 Å². The molecule has 2 N–H and O–H groups in total. The molecule has 0 aromatic heterocycles. The highest BCUT2D eigenvalue weighted by molar-refractivity contribution is 5.77. The maximum Gasteiger partial charge on any atom is 0.220 e. The van der Waals surface area contributed by atoms with Crippen LogP contribution in [-0.4, -0.2) is 17.1 Å². The van der Waals surface area contributed by atoms with Crippen LogP contribution in [0.2, 0.25) is 0 Å². The van der Waals surface area contributed by atoms with Crippen molar-refractivity contribution in [2.45, 2.75) is 38.3 Å². The van der Waals surface area contributed by atoms with E-state index in [0.29, 0.717) is 0 Å². The zero-order valence-corrected chi connectivity index (χ0v) is 13.1. The van der Waals surface area contributed by atoms with Gasteiger partial charge in [0.1, 0.15) is 0 Å². The first-order valence-corrected chi connectivity index (χ1v) is 7.65. The standard InChI is InChI=1S/C19H23NO2/c1-14(2)20-18(21)13-17(15-9-5-3-6-10-15)19(22)16-11-7-4-8-12-16/h3-12,14,17,19,22H,13H2,1-2H3,(H,20,21). The molecule has 0 saturated heterocycles. The average Bonchev–Trinajstić information content (AvgIpc) is 2.53. The van der Waals surface area contributed by atoms with Crippen LogP contribution in [0.1, 0.15) is 43.4 Å². The average molecular weight is 297 g/mol. The second-order valence-corrected chi connectivity index (χ2v) is 5.80. The quantitative estimate of drug-likeness (QED) is 0.858. The van der Waals surface area contributed by atoms with Crippen molar-refractivity contribution >= 4 is 5.91 Å². The summed E-state index contributed by atoms with van der Waals surface area (Å²) in [6.07, 6.45) is -0.445. The molecule has 3 heteroatoms. The lowest BCUT2D eigenvalue weighted by Gasteiger charge is -2.24. The summed E-state index contributed by atoms with van der Waals surface area (Å²) in [6, 6.07) is 19.3. The number of nitrogens with one attached hydrogen (secondary N) is 1. The highest BCUT2D eigenvalue weighted by Gasteiger charge is 2.25. The van der Waals surface area contributed by atoms with E-state index in [1.165, 1.54) is 0 Å². The first-order valence-electron chi connectivity index (χ1n) is 7.65. The van der Waals surface area contributed by atoms with Crippen LogP contribution >= 0.6 is 0 Å². The molecule has 22 heavy (non-hydrogen) atoms. The monoisotopic (exact) mass is 297 g/mol. The van der Waals surface area contributed by atoms with Crippen LogP contribution in [0.15, 0.2) is 60.7 Å². The fraction of sp³-hybridized carbons (Fsp3) is 0.316. The summed E-state index contributed by atoms with van der Waals surface area (Å²) in [5.41, 5.74) is 1.80. The number of rotatable bonds is 6. The largest absolute Gasteiger partial charge is 0.388 e. The highest BCUT2D eigenvalue weighted by atomic mass is 16.3. The van der Waals surface area contributed by atoms with Crippen molar-refractivity contribution in [2.24, 2.45) is 0 Å². The van der Waals surface area contributed by atoms with Crippen molar-refractivity contribution in [1.29, 1.82) is 0 Å². The van der Waals surface area contributed by atoms with Gasteiger partial charge < -0.3 is 10.4 Å². The minimum atomic E-state index is -0.707. The van der Waals surface area contributed by atoms with Crippen LogP contribution in [0.25, 0.3) is 0 Å². The molecular weight excluding hydrogens is 274 g/mol. The van der Waals surface area contributed by atoms with Gasteiger partial charge in [0.15, 0.2) is 0 Å². The van der Waals surface area contributed by atoms with Gasteiger partial charge in [-0.1, -0.05) is 60.7 Å². The molecule has 0 fully saturated rings. The van der Waals surface area contributed by atoms with E-state index in [1.807, 2.05) is 74.5 Å². The van der Waals surface area contributed by atoms with E-state index in [-0.39, 0.29) is 24.3 Å². The van der Waals surface area contributed by atoms with Crippen molar-refractivity contribution in [1.82, 2.24) is 5.32 Å². The van der Waals surface area contributed by atoms with Crippen molar-refractivity contribution in [3.8, 4) is 0 Å². The van der Waals surface area contributed by atoms with E-state index in [1.54, 1.807) is 0 Å². The second-order valence-electron chi connectivity index (χ2n) is 5.80. The number of hydrogen-bond donors (Lipinski definition) is 2. The number of aliphatic hydroxyl groups is 1. The Labute approximate surface area is 132 Å². The molecule has 1 amide bonds. The third-order valence-electron chi connectivity index (χ3n) is 3.60. The molecule has 0 radical (unpaired) electrons. The molecule has 0 spiro atoms. The molecule has 0 aliphatic heterocycles. The van der Waals surface area contributed by atoms with Crippen LogP contribution in [0, 0.1) is 0 Å². The molecule has 0 saturated carbocycles. The van der Waals surface area contributed by atoms with Crippen LogP contribution in [0.3, 0.4) is 0 Å². The smallest absolute Gasteiger partial charge is 0.220 e. The van der Waals surface area contributed by atoms with Crippen LogP contribution in [-0.2, 0) is 4.79 Å². The fourth-order valence-corrected chi connectivity index (χ4v) is 2.58. The third-order valence-corrected chi connectivity index (χ3v) is 3.60. The van der Waals surface area contributed by atoms with E-state index in [0.717, 1.165) is 11.1 Å².